The fourth-order valence-corrected chi connectivity index (χ4v) is 1.87. The lowest BCUT2D eigenvalue weighted by Crippen LogP contribution is -1.98. The van der Waals surface area contributed by atoms with Crippen molar-refractivity contribution in [2.45, 2.75) is 0 Å². The van der Waals surface area contributed by atoms with Crippen LogP contribution < -0.4 is 0 Å². The molecule has 0 aromatic carbocycles. The summed E-state index contributed by atoms with van der Waals surface area (Å²) in [5, 5.41) is 10.0. The van der Waals surface area contributed by atoms with Gasteiger partial charge >= 0.3 is 0 Å². The molecule has 0 fully saturated rings. The minimum atomic E-state index is -0.358. The SMILES string of the molecule is O=[N+]([O-])C1=CC=CI=C1. The summed E-state index contributed by atoms with van der Waals surface area (Å²) in [5.74, 6) is 0. The predicted molar refractivity (Wildman–Crippen MR) is 44.3 cm³/mol. The molecule has 48 valence electrons. The molecular weight excluding hydrogens is 233 g/mol. The zero-order valence-electron chi connectivity index (χ0n) is 4.45. The zero-order valence-corrected chi connectivity index (χ0v) is 6.61. The molecule has 0 saturated carbocycles. The Morgan fingerprint density at radius 3 is 2.78 bits per heavy atom. The van der Waals surface area contributed by atoms with E-state index in [-0.39, 0.29) is 31.4 Å². The summed E-state index contributed by atoms with van der Waals surface area (Å²) in [4.78, 5) is 9.69. The maximum atomic E-state index is 10.0. The third kappa shape index (κ3) is 1.70. The molecule has 0 N–H and O–H groups in total. The van der Waals surface area contributed by atoms with Gasteiger partial charge in [-0.15, -0.1) is 0 Å². The predicted octanol–water partition coefficient (Wildman–Crippen LogP) is 1.45. The van der Waals surface area contributed by atoms with Crippen molar-refractivity contribution in [2.24, 2.45) is 0 Å². The summed E-state index contributed by atoms with van der Waals surface area (Å²) in [5.41, 5.74) is 0.241. The van der Waals surface area contributed by atoms with Gasteiger partial charge in [0.05, 0.1) is 4.92 Å². The van der Waals surface area contributed by atoms with Crippen molar-refractivity contribution in [3.8, 4) is 0 Å². The van der Waals surface area contributed by atoms with Gasteiger partial charge in [-0.25, -0.2) is 0 Å². The van der Waals surface area contributed by atoms with Crippen molar-refractivity contribution in [3.63, 3.8) is 0 Å². The molecule has 0 unspecified atom stereocenters. The van der Waals surface area contributed by atoms with Gasteiger partial charge in [-0.1, -0.05) is 20.7 Å². The Morgan fingerprint density at radius 2 is 2.44 bits per heavy atom. The summed E-state index contributed by atoms with van der Waals surface area (Å²) in [7, 11) is 0. The molecule has 4 heteroatoms. The van der Waals surface area contributed by atoms with Crippen molar-refractivity contribution in [3.05, 3.63) is 32.0 Å². The van der Waals surface area contributed by atoms with E-state index >= 15 is 0 Å². The molecule has 0 aliphatic carbocycles. The number of hydrogen-bond acceptors (Lipinski definition) is 2. The van der Waals surface area contributed by atoms with Crippen molar-refractivity contribution in [1.29, 1.82) is 0 Å². The second-order valence-corrected chi connectivity index (χ2v) is 3.46. The molecule has 0 aromatic rings. The van der Waals surface area contributed by atoms with Crippen LogP contribution >= 0.6 is 20.7 Å². The third-order valence-electron chi connectivity index (χ3n) is 0.798. The summed E-state index contributed by atoms with van der Waals surface area (Å²) in [6.45, 7) is 0. The minimum absolute atomic E-state index is 0.175. The second-order valence-electron chi connectivity index (χ2n) is 1.40. The largest absolute Gasteiger partial charge is 0.275 e. The van der Waals surface area contributed by atoms with Crippen LogP contribution in [0.3, 0.4) is 0 Å². The standard InChI is InChI=1S/C5H4INO2/c8-7(9)5-2-1-3-6-4-5/h1-4H. The van der Waals surface area contributed by atoms with E-state index in [2.05, 4.69) is 0 Å². The molecule has 0 saturated heterocycles. The Bertz CT molecular complexity index is 217. The summed E-state index contributed by atoms with van der Waals surface area (Å²) < 4.78 is 3.67. The average Bonchev–Trinajstić information content (AvgIpc) is 1.90. The van der Waals surface area contributed by atoms with Gasteiger partial charge in [0.25, 0.3) is 5.70 Å². The van der Waals surface area contributed by atoms with Crippen molar-refractivity contribution < 1.29 is 4.92 Å². The molecular formula is C5H4INO2. The molecule has 1 heterocycles. The highest BCUT2D eigenvalue weighted by Crippen LogP contribution is 2.08. The topological polar surface area (TPSA) is 43.1 Å². The number of allylic oxidation sites excluding steroid dienone is 3. The van der Waals surface area contributed by atoms with Gasteiger partial charge in [-0.3, -0.25) is 10.1 Å². The Labute approximate surface area is 62.0 Å². The second kappa shape index (κ2) is 2.86. The number of nitro groups is 1. The first-order valence-electron chi connectivity index (χ1n) is 2.27. The normalized spacial score (nSPS) is 16.2. The van der Waals surface area contributed by atoms with Crippen LogP contribution in [0.15, 0.2) is 21.9 Å². The molecule has 0 aromatic heterocycles. The van der Waals surface area contributed by atoms with Gasteiger partial charge in [0.2, 0.25) is 0 Å². The van der Waals surface area contributed by atoms with E-state index in [0.717, 1.165) is 0 Å². The van der Waals surface area contributed by atoms with Gasteiger partial charge in [-0.2, -0.15) is 0 Å². The summed E-state index contributed by atoms with van der Waals surface area (Å²) in [6, 6.07) is 0. The molecule has 1 aliphatic rings. The number of hydrogen-bond donors (Lipinski definition) is 0. The highest BCUT2D eigenvalue weighted by molar-refractivity contribution is 14.2. The van der Waals surface area contributed by atoms with Crippen LogP contribution in [-0.2, 0) is 0 Å². The Balaban J connectivity index is 2.84. The van der Waals surface area contributed by atoms with Crippen LogP contribution in [0.25, 0.3) is 0 Å². The monoisotopic (exact) mass is 237 g/mol. The Morgan fingerprint density at radius 1 is 1.67 bits per heavy atom. The van der Waals surface area contributed by atoms with Gasteiger partial charge < -0.3 is 0 Å². The average molecular weight is 237 g/mol. The van der Waals surface area contributed by atoms with E-state index in [4.69, 9.17) is 0 Å². The lowest BCUT2D eigenvalue weighted by Gasteiger charge is -1.89. The Kier molecular flexibility index (Phi) is 2.10. The van der Waals surface area contributed by atoms with E-state index in [0.29, 0.717) is 0 Å². The summed E-state index contributed by atoms with van der Waals surface area (Å²) in [6.07, 6.45) is 3.26. The van der Waals surface area contributed by atoms with E-state index in [9.17, 15) is 10.1 Å². The van der Waals surface area contributed by atoms with Crippen LogP contribution in [0.1, 0.15) is 0 Å². The van der Waals surface area contributed by atoms with Crippen molar-refractivity contribution in [2.75, 3.05) is 0 Å². The van der Waals surface area contributed by atoms with Crippen molar-refractivity contribution >= 4 is 24.7 Å². The van der Waals surface area contributed by atoms with E-state index in [1.807, 2.05) is 4.08 Å². The first-order chi connectivity index (χ1) is 4.30. The fourth-order valence-electron chi connectivity index (χ4n) is 0.415. The highest BCUT2D eigenvalue weighted by Gasteiger charge is 2.04. The van der Waals surface area contributed by atoms with Crippen LogP contribution in [0, 0.1) is 10.1 Å². The lowest BCUT2D eigenvalue weighted by molar-refractivity contribution is -0.413. The van der Waals surface area contributed by atoms with Crippen molar-refractivity contribution in [1.82, 2.24) is 0 Å². The van der Waals surface area contributed by atoms with Gasteiger partial charge in [0, 0.05) is 10.1 Å². The molecule has 3 nitrogen and oxygen atoms in total. The van der Waals surface area contributed by atoms with E-state index in [1.54, 1.807) is 10.1 Å². The third-order valence-corrected chi connectivity index (χ3v) is 2.63. The zero-order chi connectivity index (χ0) is 6.69. The highest BCUT2D eigenvalue weighted by atomic mass is 127. The molecule has 0 amide bonds. The summed E-state index contributed by atoms with van der Waals surface area (Å²) >= 11 is -0.175. The number of nitrogens with zero attached hydrogens (tertiary/aromatic N) is 1. The maximum Gasteiger partial charge on any atom is 0.275 e. The van der Waals surface area contributed by atoms with Gasteiger partial charge in [-0.05, 0) is 10.2 Å². The molecule has 9 heavy (non-hydrogen) atoms. The lowest BCUT2D eigenvalue weighted by atomic mass is 10.4. The van der Waals surface area contributed by atoms with Crippen LogP contribution in [0.2, 0.25) is 0 Å². The van der Waals surface area contributed by atoms with Crippen LogP contribution in [-0.4, -0.2) is 8.94 Å². The van der Waals surface area contributed by atoms with Crippen LogP contribution in [0.5, 0.6) is 0 Å². The number of rotatable bonds is 1. The number of halogens is 1. The fraction of sp³-hybridized carbons (Fsp3) is 0. The molecule has 0 bridgehead atoms. The Hall–Kier alpha value is -0.520. The molecule has 0 atom stereocenters. The molecule has 1 rings (SSSR count). The van der Waals surface area contributed by atoms with E-state index < -0.39 is 0 Å². The molecule has 1 aliphatic heterocycles. The van der Waals surface area contributed by atoms with Crippen LogP contribution in [0.4, 0.5) is 0 Å². The minimum Gasteiger partial charge on any atom is -0.258 e. The quantitative estimate of drug-likeness (QED) is 0.393. The first-order valence-corrected chi connectivity index (χ1v) is 4.76. The van der Waals surface area contributed by atoms with Gasteiger partial charge in [0.1, 0.15) is 0 Å². The molecule has 0 radical (unpaired) electrons. The smallest absolute Gasteiger partial charge is 0.258 e. The van der Waals surface area contributed by atoms with Gasteiger partial charge in [0.15, 0.2) is 0 Å². The first kappa shape index (κ1) is 6.60. The maximum absolute atomic E-state index is 10.0. The molecule has 0 spiro atoms. The van der Waals surface area contributed by atoms with E-state index in [1.165, 1.54) is 6.08 Å².